The number of sulfonamides is 1. The molecule has 0 bridgehead atoms. The molecule has 0 aromatic heterocycles. The molecule has 1 rings (SSSR count). The maximum Gasteiger partial charge on any atom is 0.240 e. The molecule has 0 saturated heterocycles. The van der Waals surface area contributed by atoms with Crippen molar-refractivity contribution in [2.75, 3.05) is 18.6 Å². The summed E-state index contributed by atoms with van der Waals surface area (Å²) in [7, 11) is -4.51. The van der Waals surface area contributed by atoms with E-state index in [9.17, 15) is 12.6 Å². The number of hydrogen-bond acceptors (Lipinski definition) is 4. The Bertz CT molecular complexity index is 483. The first kappa shape index (κ1) is 14.3. The van der Waals surface area contributed by atoms with Crippen LogP contribution in [0.25, 0.3) is 0 Å². The van der Waals surface area contributed by atoms with Gasteiger partial charge in [0.05, 0.1) is 4.90 Å². The Hall–Kier alpha value is -0.760. The van der Waals surface area contributed by atoms with Gasteiger partial charge in [0.15, 0.2) is 0 Å². The Balaban J connectivity index is 2.72. The molecule has 0 heterocycles. The molecule has 0 aliphatic heterocycles. The Morgan fingerprint density at radius 2 is 1.88 bits per heavy atom. The summed E-state index contributed by atoms with van der Waals surface area (Å²) in [4.78, 5) is 0.191. The molecule has 96 valence electrons. The van der Waals surface area contributed by atoms with Crippen LogP contribution in [0.15, 0.2) is 29.2 Å². The molecule has 0 fully saturated rings. The number of nitrogens with one attached hydrogen (secondary N) is 1. The molecule has 0 aliphatic rings. The fourth-order valence-corrected chi connectivity index (χ4v) is 2.76. The van der Waals surface area contributed by atoms with Gasteiger partial charge in [-0.25, -0.2) is 13.1 Å². The number of benzene rings is 1. The van der Waals surface area contributed by atoms with E-state index in [1.165, 1.54) is 18.4 Å². The fourth-order valence-electron chi connectivity index (χ4n) is 1.21. The smallest absolute Gasteiger partial charge is 0.240 e. The first-order valence-electron chi connectivity index (χ1n) is 5.04. The van der Waals surface area contributed by atoms with Crippen molar-refractivity contribution in [3.8, 4) is 0 Å². The maximum atomic E-state index is 11.8. The average Bonchev–Trinajstić information content (AvgIpc) is 2.28. The minimum atomic E-state index is -3.51. The topological polar surface area (TPSA) is 89.3 Å². The summed E-state index contributed by atoms with van der Waals surface area (Å²) in [6.07, 6.45) is 1.53. The second kappa shape index (κ2) is 6.25. The van der Waals surface area contributed by atoms with Gasteiger partial charge in [-0.15, -0.1) is 0 Å². The molecule has 0 aliphatic carbocycles. The standard InChI is InChI=1S/C10H16N2O3S2/c1-16(13)7-6-12-17(14,15)10-4-2-9(8-11)3-5-10/h2-5,12H,6-8,11H2,1H3. The highest BCUT2D eigenvalue weighted by Crippen LogP contribution is 2.09. The summed E-state index contributed by atoms with van der Waals surface area (Å²) in [5.41, 5.74) is 6.30. The lowest BCUT2D eigenvalue weighted by molar-refractivity contribution is 0.584. The lowest BCUT2D eigenvalue weighted by Gasteiger charge is -2.06. The van der Waals surface area contributed by atoms with Crippen molar-refractivity contribution in [2.45, 2.75) is 11.4 Å². The van der Waals surface area contributed by atoms with Crippen molar-refractivity contribution in [1.82, 2.24) is 4.72 Å². The molecule has 0 radical (unpaired) electrons. The SMILES string of the molecule is CS(=O)CCNS(=O)(=O)c1ccc(CN)cc1. The van der Waals surface area contributed by atoms with Crippen LogP contribution in [0.3, 0.4) is 0 Å². The van der Waals surface area contributed by atoms with Gasteiger partial charge in [-0.1, -0.05) is 12.1 Å². The van der Waals surface area contributed by atoms with Crippen molar-refractivity contribution in [2.24, 2.45) is 5.73 Å². The minimum absolute atomic E-state index is 0.171. The van der Waals surface area contributed by atoms with Crippen LogP contribution in [-0.4, -0.2) is 31.2 Å². The largest absolute Gasteiger partial charge is 0.326 e. The predicted octanol–water partition coefficient (Wildman–Crippen LogP) is -0.198. The van der Waals surface area contributed by atoms with Gasteiger partial charge in [-0.05, 0) is 17.7 Å². The zero-order valence-electron chi connectivity index (χ0n) is 9.55. The molecule has 7 heteroatoms. The summed E-state index contributed by atoms with van der Waals surface area (Å²) in [5, 5.41) is 0. The second-order valence-corrected chi connectivity index (χ2v) is 6.84. The molecule has 1 atom stereocenters. The zero-order valence-corrected chi connectivity index (χ0v) is 11.2. The van der Waals surface area contributed by atoms with Gasteiger partial charge in [-0.2, -0.15) is 0 Å². The first-order valence-corrected chi connectivity index (χ1v) is 8.25. The van der Waals surface area contributed by atoms with E-state index in [1.807, 2.05) is 0 Å². The predicted molar refractivity (Wildman–Crippen MR) is 68.5 cm³/mol. The highest BCUT2D eigenvalue weighted by atomic mass is 32.2. The first-order chi connectivity index (χ1) is 7.95. The molecule has 0 saturated carbocycles. The van der Waals surface area contributed by atoms with Gasteiger partial charge in [-0.3, -0.25) is 4.21 Å². The van der Waals surface area contributed by atoms with Gasteiger partial charge in [0.1, 0.15) is 0 Å². The Kier molecular flexibility index (Phi) is 5.26. The van der Waals surface area contributed by atoms with Gasteiger partial charge >= 0.3 is 0 Å². The molecule has 17 heavy (non-hydrogen) atoms. The van der Waals surface area contributed by atoms with E-state index in [2.05, 4.69) is 4.72 Å². The van der Waals surface area contributed by atoms with Crippen molar-refractivity contribution >= 4 is 20.8 Å². The van der Waals surface area contributed by atoms with Gasteiger partial charge < -0.3 is 5.73 Å². The highest BCUT2D eigenvalue weighted by molar-refractivity contribution is 7.89. The Labute approximate surface area is 104 Å². The molecule has 1 unspecified atom stereocenters. The third-order valence-corrected chi connectivity index (χ3v) is 4.41. The molecule has 1 aromatic carbocycles. The number of hydrogen-bond donors (Lipinski definition) is 2. The number of nitrogens with two attached hydrogens (primary N) is 1. The summed E-state index contributed by atoms with van der Waals surface area (Å²) in [6.45, 7) is 0.548. The molecule has 3 N–H and O–H groups in total. The van der Waals surface area contributed by atoms with Crippen LogP contribution in [0, 0.1) is 0 Å². The lowest BCUT2D eigenvalue weighted by atomic mass is 10.2. The van der Waals surface area contributed by atoms with E-state index < -0.39 is 20.8 Å². The maximum absolute atomic E-state index is 11.8. The highest BCUT2D eigenvalue weighted by Gasteiger charge is 2.12. The molecule has 1 aromatic rings. The molecule has 0 amide bonds. The van der Waals surface area contributed by atoms with Crippen LogP contribution < -0.4 is 10.5 Å². The van der Waals surface area contributed by atoms with E-state index >= 15 is 0 Å². The molecule has 0 spiro atoms. The van der Waals surface area contributed by atoms with E-state index in [1.54, 1.807) is 12.1 Å². The van der Waals surface area contributed by atoms with Crippen molar-refractivity contribution in [3.63, 3.8) is 0 Å². The summed E-state index contributed by atoms with van der Waals surface area (Å²) in [6, 6.07) is 6.36. The Morgan fingerprint density at radius 3 is 2.35 bits per heavy atom. The van der Waals surface area contributed by atoms with Crippen LogP contribution in [0.4, 0.5) is 0 Å². The van der Waals surface area contributed by atoms with Crippen LogP contribution in [0.2, 0.25) is 0 Å². The summed E-state index contributed by atoms with van der Waals surface area (Å²) in [5.74, 6) is 0.306. The average molecular weight is 276 g/mol. The third-order valence-electron chi connectivity index (χ3n) is 2.15. The minimum Gasteiger partial charge on any atom is -0.326 e. The van der Waals surface area contributed by atoms with Crippen LogP contribution in [0.5, 0.6) is 0 Å². The second-order valence-electron chi connectivity index (χ2n) is 3.52. The van der Waals surface area contributed by atoms with Crippen LogP contribution >= 0.6 is 0 Å². The van der Waals surface area contributed by atoms with Crippen LogP contribution in [-0.2, 0) is 27.4 Å². The van der Waals surface area contributed by atoms with Gasteiger partial charge in [0.25, 0.3) is 0 Å². The Morgan fingerprint density at radius 1 is 1.29 bits per heavy atom. The van der Waals surface area contributed by atoms with E-state index in [0.29, 0.717) is 12.3 Å². The normalized spacial score (nSPS) is 13.5. The molecule has 5 nitrogen and oxygen atoms in total. The molecular formula is C10H16N2O3S2. The van der Waals surface area contributed by atoms with Crippen LogP contribution in [0.1, 0.15) is 5.56 Å². The molecular weight excluding hydrogens is 260 g/mol. The van der Waals surface area contributed by atoms with E-state index in [4.69, 9.17) is 5.73 Å². The lowest BCUT2D eigenvalue weighted by Crippen LogP contribution is -2.27. The fraction of sp³-hybridized carbons (Fsp3) is 0.400. The van der Waals surface area contributed by atoms with Gasteiger partial charge in [0, 0.05) is 35.9 Å². The summed E-state index contributed by atoms with van der Waals surface area (Å²) >= 11 is 0. The van der Waals surface area contributed by atoms with Gasteiger partial charge in [0.2, 0.25) is 10.0 Å². The van der Waals surface area contributed by atoms with E-state index in [0.717, 1.165) is 5.56 Å². The zero-order chi connectivity index (χ0) is 12.9. The van der Waals surface area contributed by atoms with Crippen molar-refractivity contribution in [3.05, 3.63) is 29.8 Å². The third kappa shape index (κ3) is 4.55. The quantitative estimate of drug-likeness (QED) is 0.753. The van der Waals surface area contributed by atoms with Crippen molar-refractivity contribution in [1.29, 1.82) is 0 Å². The van der Waals surface area contributed by atoms with Crippen molar-refractivity contribution < 1.29 is 12.6 Å². The summed E-state index contributed by atoms with van der Waals surface area (Å²) < 4.78 is 36.7. The monoisotopic (exact) mass is 276 g/mol. The van der Waals surface area contributed by atoms with E-state index in [-0.39, 0.29) is 11.4 Å². The number of rotatable bonds is 6.